The summed E-state index contributed by atoms with van der Waals surface area (Å²) in [7, 11) is 1.53. The van der Waals surface area contributed by atoms with E-state index in [1.807, 2.05) is 0 Å². The van der Waals surface area contributed by atoms with Gasteiger partial charge in [0.15, 0.2) is 17.3 Å². The van der Waals surface area contributed by atoms with Crippen LogP contribution in [0.5, 0.6) is 11.5 Å². The van der Waals surface area contributed by atoms with E-state index in [1.165, 1.54) is 13.5 Å². The third-order valence-corrected chi connectivity index (χ3v) is 3.83. The summed E-state index contributed by atoms with van der Waals surface area (Å²) in [6, 6.07) is 4.68. The van der Waals surface area contributed by atoms with E-state index in [0.717, 1.165) is 0 Å². The zero-order valence-corrected chi connectivity index (χ0v) is 13.9. The predicted octanol–water partition coefficient (Wildman–Crippen LogP) is 1.86. The van der Waals surface area contributed by atoms with E-state index in [4.69, 9.17) is 18.7 Å². The Balaban J connectivity index is 1.84. The zero-order valence-electron chi connectivity index (χ0n) is 13.9. The van der Waals surface area contributed by atoms with Crippen molar-refractivity contribution >= 4 is 5.91 Å². The Morgan fingerprint density at radius 2 is 2.36 bits per heavy atom. The summed E-state index contributed by atoms with van der Waals surface area (Å²) in [5.41, 5.74) is 0.484. The van der Waals surface area contributed by atoms with Gasteiger partial charge in [-0.15, -0.1) is 0 Å². The molecule has 0 radical (unpaired) electrons. The van der Waals surface area contributed by atoms with Crippen LogP contribution in [0.1, 0.15) is 22.2 Å². The van der Waals surface area contributed by atoms with Gasteiger partial charge in [0.25, 0.3) is 5.91 Å². The van der Waals surface area contributed by atoms with Crippen molar-refractivity contribution in [3.8, 4) is 11.5 Å². The van der Waals surface area contributed by atoms with Crippen LogP contribution in [0.15, 0.2) is 41.8 Å². The second-order valence-corrected chi connectivity index (χ2v) is 5.34. The number of carbonyl (C=O) groups is 1. The molecule has 0 saturated carbocycles. The molecule has 1 fully saturated rings. The van der Waals surface area contributed by atoms with Crippen molar-refractivity contribution in [2.24, 2.45) is 0 Å². The number of rotatable bonds is 6. The first kappa shape index (κ1) is 17.0. The summed E-state index contributed by atoms with van der Waals surface area (Å²) in [5.74, 6) is 1.30. The molecule has 2 heterocycles. The Hall–Kier alpha value is -2.87. The van der Waals surface area contributed by atoms with Crippen LogP contribution in [0.3, 0.4) is 0 Å². The fraction of sp³-hybridized carbons (Fsp3) is 0.353. The lowest BCUT2D eigenvalue weighted by Gasteiger charge is -2.33. The molecule has 0 N–H and O–H groups in total. The number of hydrogen-bond acceptors (Lipinski definition) is 7. The van der Waals surface area contributed by atoms with E-state index in [9.17, 15) is 4.79 Å². The van der Waals surface area contributed by atoms with E-state index in [0.29, 0.717) is 49.3 Å². The molecule has 1 saturated heterocycles. The first-order valence-corrected chi connectivity index (χ1v) is 7.81. The van der Waals surface area contributed by atoms with Crippen molar-refractivity contribution in [1.29, 1.82) is 0 Å². The van der Waals surface area contributed by atoms with Crippen LogP contribution < -0.4 is 9.47 Å². The Morgan fingerprint density at radius 3 is 3.08 bits per heavy atom. The van der Waals surface area contributed by atoms with Crippen LogP contribution in [0.25, 0.3) is 0 Å². The van der Waals surface area contributed by atoms with E-state index >= 15 is 0 Å². The number of ether oxygens (including phenoxy) is 3. The summed E-state index contributed by atoms with van der Waals surface area (Å²) >= 11 is 0. The fourth-order valence-electron chi connectivity index (χ4n) is 2.62. The number of methoxy groups -OCH3 is 1. The maximum atomic E-state index is 13.0. The molecular formula is C17H19N3O5. The third kappa shape index (κ3) is 3.63. The molecule has 132 valence electrons. The van der Waals surface area contributed by atoms with Crippen molar-refractivity contribution in [1.82, 2.24) is 15.0 Å². The molecule has 1 aliphatic heterocycles. The average Bonchev–Trinajstić information content (AvgIpc) is 3.20. The summed E-state index contributed by atoms with van der Waals surface area (Å²) in [4.78, 5) is 18.7. The maximum Gasteiger partial charge on any atom is 0.254 e. The molecule has 3 rings (SSSR count). The minimum Gasteiger partial charge on any atom is -0.493 e. The number of amides is 1. The van der Waals surface area contributed by atoms with Crippen LogP contribution in [0.4, 0.5) is 0 Å². The maximum absolute atomic E-state index is 13.0. The van der Waals surface area contributed by atoms with Crippen LogP contribution in [-0.2, 0) is 4.74 Å². The van der Waals surface area contributed by atoms with Crippen LogP contribution in [0, 0.1) is 0 Å². The molecule has 1 amide bonds. The number of carbonyl (C=O) groups excluding carboxylic acids is 1. The SMILES string of the molecule is C=CCOc1ccc(C(=O)N2CCOCC2c2ncon2)cc1OC. The van der Waals surface area contributed by atoms with Gasteiger partial charge in [-0.1, -0.05) is 17.8 Å². The minimum absolute atomic E-state index is 0.160. The average molecular weight is 345 g/mol. The first-order chi connectivity index (χ1) is 12.2. The lowest BCUT2D eigenvalue weighted by atomic mass is 10.1. The number of aromatic nitrogens is 2. The molecule has 0 aliphatic carbocycles. The lowest BCUT2D eigenvalue weighted by Crippen LogP contribution is -2.43. The zero-order chi connectivity index (χ0) is 17.6. The largest absolute Gasteiger partial charge is 0.493 e. The van der Waals surface area contributed by atoms with Crippen LogP contribution >= 0.6 is 0 Å². The summed E-state index contributed by atoms with van der Waals surface area (Å²) in [6.07, 6.45) is 2.88. The van der Waals surface area contributed by atoms with Gasteiger partial charge in [-0.2, -0.15) is 4.98 Å². The van der Waals surface area contributed by atoms with Crippen molar-refractivity contribution in [3.05, 3.63) is 48.6 Å². The minimum atomic E-state index is -0.386. The predicted molar refractivity (Wildman–Crippen MR) is 87.6 cm³/mol. The van der Waals surface area contributed by atoms with Gasteiger partial charge in [0.05, 0.1) is 20.3 Å². The quantitative estimate of drug-likeness (QED) is 0.739. The van der Waals surface area contributed by atoms with Gasteiger partial charge >= 0.3 is 0 Å². The number of hydrogen-bond donors (Lipinski definition) is 0. The molecule has 1 aromatic carbocycles. The monoisotopic (exact) mass is 345 g/mol. The Morgan fingerprint density at radius 1 is 1.48 bits per heavy atom. The molecular weight excluding hydrogens is 326 g/mol. The third-order valence-electron chi connectivity index (χ3n) is 3.83. The first-order valence-electron chi connectivity index (χ1n) is 7.81. The Bertz CT molecular complexity index is 732. The van der Waals surface area contributed by atoms with Crippen molar-refractivity contribution < 1.29 is 23.5 Å². The van der Waals surface area contributed by atoms with Gasteiger partial charge in [-0.25, -0.2) is 0 Å². The number of morpholine rings is 1. The van der Waals surface area contributed by atoms with Gasteiger partial charge in [-0.3, -0.25) is 4.79 Å². The van der Waals surface area contributed by atoms with E-state index in [1.54, 1.807) is 29.2 Å². The topological polar surface area (TPSA) is 86.9 Å². The molecule has 0 bridgehead atoms. The number of nitrogens with zero attached hydrogens (tertiary/aromatic N) is 3. The highest BCUT2D eigenvalue weighted by molar-refractivity contribution is 5.95. The van der Waals surface area contributed by atoms with Crippen LogP contribution in [0.2, 0.25) is 0 Å². The number of benzene rings is 1. The Kier molecular flexibility index (Phi) is 5.30. The second-order valence-electron chi connectivity index (χ2n) is 5.34. The Labute approximate surface area is 145 Å². The van der Waals surface area contributed by atoms with E-state index in [-0.39, 0.29) is 11.9 Å². The molecule has 2 aromatic rings. The smallest absolute Gasteiger partial charge is 0.254 e. The lowest BCUT2D eigenvalue weighted by molar-refractivity contribution is -0.00578. The van der Waals surface area contributed by atoms with Crippen molar-refractivity contribution in [3.63, 3.8) is 0 Å². The summed E-state index contributed by atoms with van der Waals surface area (Å²) in [6.45, 7) is 5.19. The summed E-state index contributed by atoms with van der Waals surface area (Å²) in [5, 5.41) is 3.83. The highest BCUT2D eigenvalue weighted by atomic mass is 16.5. The fourth-order valence-corrected chi connectivity index (χ4v) is 2.62. The molecule has 1 atom stereocenters. The highest BCUT2D eigenvalue weighted by Crippen LogP contribution is 2.30. The summed E-state index contributed by atoms with van der Waals surface area (Å²) < 4.78 is 21.1. The molecule has 1 unspecified atom stereocenters. The van der Waals surface area contributed by atoms with Gasteiger partial charge in [0, 0.05) is 12.1 Å². The van der Waals surface area contributed by atoms with Gasteiger partial charge in [0.1, 0.15) is 12.6 Å². The normalized spacial score (nSPS) is 17.2. The molecule has 1 aliphatic rings. The van der Waals surface area contributed by atoms with Gasteiger partial charge in [-0.05, 0) is 18.2 Å². The molecule has 25 heavy (non-hydrogen) atoms. The molecule has 0 spiro atoms. The van der Waals surface area contributed by atoms with Crippen molar-refractivity contribution in [2.75, 3.05) is 33.5 Å². The van der Waals surface area contributed by atoms with E-state index in [2.05, 4.69) is 16.7 Å². The molecule has 8 nitrogen and oxygen atoms in total. The highest BCUT2D eigenvalue weighted by Gasteiger charge is 2.32. The van der Waals surface area contributed by atoms with Gasteiger partial charge < -0.3 is 23.6 Å². The molecule has 8 heteroatoms. The molecule has 1 aromatic heterocycles. The standard InChI is InChI=1S/C17H19N3O5/c1-3-7-24-14-5-4-12(9-15(14)22-2)17(21)20-6-8-23-10-13(20)16-18-11-25-19-16/h3-5,9,11,13H,1,6-8,10H2,2H3. The second kappa shape index (κ2) is 7.80. The van der Waals surface area contributed by atoms with Crippen LogP contribution in [-0.4, -0.2) is 54.4 Å². The van der Waals surface area contributed by atoms with Crippen molar-refractivity contribution in [2.45, 2.75) is 6.04 Å². The van der Waals surface area contributed by atoms with Gasteiger partial charge in [0.2, 0.25) is 6.39 Å². The van der Waals surface area contributed by atoms with E-state index < -0.39 is 0 Å².